The van der Waals surface area contributed by atoms with E-state index in [0.717, 1.165) is 16.1 Å². The standard InChI is InChI=1S/C12H10BrN3O4S/c1-8-5-12(14-7-11(8)13)15-21(19,20)10-4-2-3-9(6-10)16(17)18/h2-7H,1H3,(H,14,15). The molecule has 0 aliphatic heterocycles. The molecule has 0 aliphatic rings. The Morgan fingerprint density at radius 2 is 2.05 bits per heavy atom. The van der Waals surface area contributed by atoms with Gasteiger partial charge < -0.3 is 0 Å². The Hall–Kier alpha value is -2.00. The van der Waals surface area contributed by atoms with E-state index in [0.29, 0.717) is 0 Å². The number of anilines is 1. The molecule has 2 aromatic rings. The monoisotopic (exact) mass is 371 g/mol. The van der Waals surface area contributed by atoms with Crippen molar-refractivity contribution in [1.82, 2.24) is 4.98 Å². The van der Waals surface area contributed by atoms with E-state index in [9.17, 15) is 18.5 Å². The van der Waals surface area contributed by atoms with Crippen LogP contribution in [0.3, 0.4) is 0 Å². The Morgan fingerprint density at radius 3 is 2.67 bits per heavy atom. The summed E-state index contributed by atoms with van der Waals surface area (Å²) in [7, 11) is -3.93. The average Bonchev–Trinajstić information content (AvgIpc) is 2.43. The van der Waals surface area contributed by atoms with Gasteiger partial charge >= 0.3 is 0 Å². The Balaban J connectivity index is 2.36. The van der Waals surface area contributed by atoms with Crippen LogP contribution in [-0.4, -0.2) is 18.3 Å². The number of aryl methyl sites for hydroxylation is 1. The molecule has 110 valence electrons. The molecule has 21 heavy (non-hydrogen) atoms. The van der Waals surface area contributed by atoms with Crippen LogP contribution in [0.1, 0.15) is 5.56 Å². The van der Waals surface area contributed by atoms with E-state index in [2.05, 4.69) is 25.6 Å². The van der Waals surface area contributed by atoms with E-state index >= 15 is 0 Å². The molecule has 2 rings (SSSR count). The molecule has 0 unspecified atom stereocenters. The van der Waals surface area contributed by atoms with Gasteiger partial charge in [0.25, 0.3) is 15.7 Å². The lowest BCUT2D eigenvalue weighted by molar-refractivity contribution is -0.385. The number of hydrogen-bond donors (Lipinski definition) is 1. The van der Waals surface area contributed by atoms with Crippen LogP contribution in [0.4, 0.5) is 11.5 Å². The van der Waals surface area contributed by atoms with E-state index in [1.807, 2.05) is 0 Å². The number of non-ortho nitro benzene ring substituents is 1. The van der Waals surface area contributed by atoms with Crippen LogP contribution >= 0.6 is 15.9 Å². The summed E-state index contributed by atoms with van der Waals surface area (Å²) in [6.07, 6.45) is 1.47. The second kappa shape index (κ2) is 5.78. The number of pyridine rings is 1. The normalized spacial score (nSPS) is 11.1. The fourth-order valence-corrected chi connectivity index (χ4v) is 2.81. The lowest BCUT2D eigenvalue weighted by Gasteiger charge is -2.08. The molecular formula is C12H10BrN3O4S. The van der Waals surface area contributed by atoms with Crippen molar-refractivity contribution in [2.75, 3.05) is 4.72 Å². The first-order valence-electron chi connectivity index (χ1n) is 5.69. The molecule has 0 spiro atoms. The van der Waals surface area contributed by atoms with Gasteiger partial charge in [-0.3, -0.25) is 14.8 Å². The van der Waals surface area contributed by atoms with Crippen molar-refractivity contribution in [2.45, 2.75) is 11.8 Å². The van der Waals surface area contributed by atoms with Crippen LogP contribution in [-0.2, 0) is 10.0 Å². The Kier molecular flexibility index (Phi) is 4.24. The molecule has 9 heteroatoms. The van der Waals surface area contributed by atoms with Crippen molar-refractivity contribution in [3.8, 4) is 0 Å². The second-order valence-corrected chi connectivity index (χ2v) is 6.72. The molecular weight excluding hydrogens is 362 g/mol. The SMILES string of the molecule is Cc1cc(NS(=O)(=O)c2cccc([N+](=O)[O-])c2)ncc1Br. The van der Waals surface area contributed by atoms with E-state index < -0.39 is 14.9 Å². The fourth-order valence-electron chi connectivity index (χ4n) is 1.56. The van der Waals surface area contributed by atoms with Crippen molar-refractivity contribution in [3.05, 3.63) is 56.7 Å². The molecule has 1 heterocycles. The van der Waals surface area contributed by atoms with Gasteiger partial charge in [-0.25, -0.2) is 13.4 Å². The molecule has 0 atom stereocenters. The van der Waals surface area contributed by atoms with Crippen LogP contribution < -0.4 is 4.72 Å². The number of aromatic nitrogens is 1. The lowest BCUT2D eigenvalue weighted by Crippen LogP contribution is -2.14. The molecule has 0 radical (unpaired) electrons. The van der Waals surface area contributed by atoms with Crippen molar-refractivity contribution >= 4 is 37.5 Å². The Labute approximate surface area is 129 Å². The number of nitrogens with zero attached hydrogens (tertiary/aromatic N) is 2. The highest BCUT2D eigenvalue weighted by molar-refractivity contribution is 9.10. The van der Waals surface area contributed by atoms with Crippen molar-refractivity contribution in [3.63, 3.8) is 0 Å². The maximum atomic E-state index is 12.2. The van der Waals surface area contributed by atoms with Gasteiger partial charge in [0, 0.05) is 22.8 Å². The summed E-state index contributed by atoms with van der Waals surface area (Å²) in [5, 5.41) is 10.7. The summed E-state index contributed by atoms with van der Waals surface area (Å²) < 4.78 is 27.4. The molecule has 0 amide bonds. The van der Waals surface area contributed by atoms with Gasteiger partial charge in [-0.1, -0.05) is 6.07 Å². The molecule has 0 saturated carbocycles. The van der Waals surface area contributed by atoms with Gasteiger partial charge in [-0.15, -0.1) is 0 Å². The smallest absolute Gasteiger partial charge is 0.263 e. The third kappa shape index (κ3) is 3.56. The maximum absolute atomic E-state index is 12.2. The number of nitrogens with one attached hydrogen (secondary N) is 1. The molecule has 1 aromatic heterocycles. The molecule has 1 N–H and O–H groups in total. The van der Waals surface area contributed by atoms with Crippen molar-refractivity contribution in [1.29, 1.82) is 0 Å². The first kappa shape index (κ1) is 15.4. The Bertz CT molecular complexity index is 808. The summed E-state index contributed by atoms with van der Waals surface area (Å²) in [6.45, 7) is 1.79. The molecule has 0 aliphatic carbocycles. The fraction of sp³-hybridized carbons (Fsp3) is 0.0833. The van der Waals surface area contributed by atoms with E-state index in [4.69, 9.17) is 0 Å². The van der Waals surface area contributed by atoms with Gasteiger partial charge in [-0.05, 0) is 40.5 Å². The van der Waals surface area contributed by atoms with Crippen LogP contribution in [0, 0.1) is 17.0 Å². The second-order valence-electron chi connectivity index (χ2n) is 4.18. The number of benzene rings is 1. The quantitative estimate of drug-likeness (QED) is 0.657. The predicted octanol–water partition coefficient (Wildman–Crippen LogP) is 2.86. The molecule has 0 bridgehead atoms. The van der Waals surface area contributed by atoms with Gasteiger partial charge in [0.2, 0.25) is 0 Å². The van der Waals surface area contributed by atoms with Gasteiger partial charge in [0.05, 0.1) is 9.82 Å². The first-order chi connectivity index (χ1) is 9.79. The third-order valence-corrected chi connectivity index (χ3v) is 4.81. The number of halogens is 1. The molecule has 0 saturated heterocycles. The van der Waals surface area contributed by atoms with E-state index in [1.54, 1.807) is 13.0 Å². The van der Waals surface area contributed by atoms with E-state index in [1.165, 1.54) is 24.4 Å². The zero-order valence-electron chi connectivity index (χ0n) is 10.8. The molecule has 0 fully saturated rings. The minimum Gasteiger partial charge on any atom is -0.263 e. The predicted molar refractivity (Wildman–Crippen MR) is 80.6 cm³/mol. The zero-order valence-corrected chi connectivity index (χ0v) is 13.2. The number of sulfonamides is 1. The van der Waals surface area contributed by atoms with Gasteiger partial charge in [0.15, 0.2) is 0 Å². The third-order valence-electron chi connectivity index (χ3n) is 2.62. The summed E-state index contributed by atoms with van der Waals surface area (Å²) in [5.41, 5.74) is 0.513. The van der Waals surface area contributed by atoms with Gasteiger partial charge in [0.1, 0.15) is 5.82 Å². The summed E-state index contributed by atoms with van der Waals surface area (Å²) in [6, 6.07) is 6.36. The minimum atomic E-state index is -3.93. The molecule has 7 nitrogen and oxygen atoms in total. The average molecular weight is 372 g/mol. The number of rotatable bonds is 4. The number of hydrogen-bond acceptors (Lipinski definition) is 5. The zero-order chi connectivity index (χ0) is 15.6. The topological polar surface area (TPSA) is 102 Å². The highest BCUT2D eigenvalue weighted by atomic mass is 79.9. The minimum absolute atomic E-state index is 0.141. The van der Waals surface area contributed by atoms with Crippen LogP contribution in [0.25, 0.3) is 0 Å². The van der Waals surface area contributed by atoms with E-state index in [-0.39, 0.29) is 16.4 Å². The number of nitro benzene ring substituents is 1. The van der Waals surface area contributed by atoms with Gasteiger partial charge in [-0.2, -0.15) is 0 Å². The highest BCUT2D eigenvalue weighted by Crippen LogP contribution is 2.22. The van der Waals surface area contributed by atoms with Crippen molar-refractivity contribution < 1.29 is 13.3 Å². The van der Waals surface area contributed by atoms with Crippen LogP contribution in [0.5, 0.6) is 0 Å². The summed E-state index contributed by atoms with van der Waals surface area (Å²) in [5.74, 6) is 0.141. The summed E-state index contributed by atoms with van der Waals surface area (Å²) in [4.78, 5) is 13.8. The van der Waals surface area contributed by atoms with Crippen LogP contribution in [0.2, 0.25) is 0 Å². The van der Waals surface area contributed by atoms with Crippen molar-refractivity contribution in [2.24, 2.45) is 0 Å². The molecule has 1 aromatic carbocycles. The Morgan fingerprint density at radius 1 is 1.33 bits per heavy atom. The first-order valence-corrected chi connectivity index (χ1v) is 7.96. The largest absolute Gasteiger partial charge is 0.270 e. The summed E-state index contributed by atoms with van der Waals surface area (Å²) >= 11 is 3.26. The highest BCUT2D eigenvalue weighted by Gasteiger charge is 2.18. The maximum Gasteiger partial charge on any atom is 0.270 e. The number of nitro groups is 1. The lowest BCUT2D eigenvalue weighted by atomic mass is 10.3. The van der Waals surface area contributed by atoms with Crippen LogP contribution in [0.15, 0.2) is 45.9 Å².